The number of amides is 1. The molecule has 8 nitrogen and oxygen atoms in total. The smallest absolute Gasteiger partial charge is 0.301 e. The van der Waals surface area contributed by atoms with E-state index in [1.807, 2.05) is 66.7 Å². The Balaban J connectivity index is 1.28. The van der Waals surface area contributed by atoms with Crippen molar-refractivity contribution in [2.75, 3.05) is 4.90 Å². The standard InChI is InChI=1S/C32H23N5O3S2/c1-19-26(36-17-8-7-16-24(36)33-19)28(38)25-27(21-11-3-2-4-12-21)37(30(40)29(25)39)31-34-35-32(42-31)41-18-22-14-9-13-20-10-5-6-15-23(20)22/h2-17,27,38H,18H2,1H3/b28-25+. The summed E-state index contributed by atoms with van der Waals surface area (Å²) in [5.41, 5.74) is 3.36. The predicted molar refractivity (Wildman–Crippen MR) is 165 cm³/mol. The van der Waals surface area contributed by atoms with Gasteiger partial charge in [0.1, 0.15) is 11.3 Å². The quantitative estimate of drug-likeness (QED) is 0.0771. The van der Waals surface area contributed by atoms with E-state index in [9.17, 15) is 14.7 Å². The minimum atomic E-state index is -0.885. The van der Waals surface area contributed by atoms with Crippen LogP contribution < -0.4 is 4.90 Å². The van der Waals surface area contributed by atoms with Crippen LogP contribution in [0.3, 0.4) is 0 Å². The van der Waals surface area contributed by atoms with Crippen molar-refractivity contribution in [2.24, 2.45) is 0 Å². The first-order valence-corrected chi connectivity index (χ1v) is 15.0. The molecule has 1 N–H and O–H groups in total. The number of hydrogen-bond acceptors (Lipinski definition) is 8. The Kier molecular flexibility index (Phi) is 6.56. The maximum Gasteiger partial charge on any atom is 0.301 e. The highest BCUT2D eigenvalue weighted by Gasteiger charge is 2.48. The molecule has 6 aromatic rings. The molecular weight excluding hydrogens is 567 g/mol. The molecule has 0 bridgehead atoms. The van der Waals surface area contributed by atoms with Crippen molar-refractivity contribution in [3.63, 3.8) is 0 Å². The highest BCUT2D eigenvalue weighted by atomic mass is 32.2. The summed E-state index contributed by atoms with van der Waals surface area (Å²) in [7, 11) is 0. The minimum Gasteiger partial charge on any atom is -0.505 e. The van der Waals surface area contributed by atoms with Crippen LogP contribution in [-0.4, -0.2) is 36.4 Å². The molecule has 1 aliphatic rings. The lowest BCUT2D eigenvalue weighted by atomic mass is 9.96. The number of anilines is 1. The van der Waals surface area contributed by atoms with E-state index in [4.69, 9.17) is 0 Å². The molecule has 0 aliphatic carbocycles. The summed E-state index contributed by atoms with van der Waals surface area (Å²) >= 11 is 2.77. The normalized spacial score (nSPS) is 16.6. The number of hydrogen-bond donors (Lipinski definition) is 1. The number of nitrogens with zero attached hydrogens (tertiary/aromatic N) is 5. The van der Waals surface area contributed by atoms with Crippen molar-refractivity contribution in [3.05, 3.63) is 125 Å². The Morgan fingerprint density at radius 1 is 0.929 bits per heavy atom. The fraction of sp³-hybridized carbons (Fsp3) is 0.0938. The monoisotopic (exact) mass is 589 g/mol. The molecule has 3 aromatic carbocycles. The number of aliphatic hydroxyl groups excluding tert-OH is 1. The maximum atomic E-state index is 13.6. The van der Waals surface area contributed by atoms with Gasteiger partial charge in [0, 0.05) is 11.9 Å². The average Bonchev–Trinajstić information content (AvgIpc) is 3.69. The van der Waals surface area contributed by atoms with Crippen LogP contribution in [0.1, 0.15) is 28.6 Å². The van der Waals surface area contributed by atoms with Crippen LogP contribution in [0.15, 0.2) is 107 Å². The molecule has 0 radical (unpaired) electrons. The van der Waals surface area contributed by atoms with Gasteiger partial charge in [-0.25, -0.2) is 4.98 Å². The maximum absolute atomic E-state index is 13.6. The average molecular weight is 590 g/mol. The number of carbonyl (C=O) groups is 2. The molecule has 1 amide bonds. The number of aryl methyl sites for hydroxylation is 1. The van der Waals surface area contributed by atoms with Gasteiger partial charge < -0.3 is 5.11 Å². The molecule has 3 aromatic heterocycles. The molecule has 1 atom stereocenters. The minimum absolute atomic E-state index is 0.0138. The van der Waals surface area contributed by atoms with Gasteiger partial charge in [-0.1, -0.05) is 102 Å². The number of ketones is 1. The van der Waals surface area contributed by atoms with E-state index in [0.29, 0.717) is 37.8 Å². The molecule has 0 spiro atoms. The third-order valence-electron chi connectivity index (χ3n) is 7.32. The fourth-order valence-corrected chi connectivity index (χ4v) is 7.29. The summed E-state index contributed by atoms with van der Waals surface area (Å²) in [5.74, 6) is -1.16. The Morgan fingerprint density at radius 2 is 1.69 bits per heavy atom. The van der Waals surface area contributed by atoms with Gasteiger partial charge in [0.25, 0.3) is 5.78 Å². The van der Waals surface area contributed by atoms with Gasteiger partial charge in [-0.3, -0.25) is 18.9 Å². The fourth-order valence-electron chi connectivity index (χ4n) is 5.42. The molecule has 0 saturated carbocycles. The lowest BCUT2D eigenvalue weighted by Crippen LogP contribution is -2.29. The van der Waals surface area contributed by atoms with E-state index in [-0.39, 0.29) is 11.3 Å². The Bertz CT molecular complexity index is 2030. The molecule has 42 heavy (non-hydrogen) atoms. The van der Waals surface area contributed by atoms with Gasteiger partial charge in [0.2, 0.25) is 5.13 Å². The van der Waals surface area contributed by atoms with Gasteiger partial charge in [-0.2, -0.15) is 0 Å². The number of fused-ring (bicyclic) bond motifs is 2. The summed E-state index contributed by atoms with van der Waals surface area (Å²) in [4.78, 5) is 33.1. The highest BCUT2D eigenvalue weighted by molar-refractivity contribution is 8.00. The van der Waals surface area contributed by atoms with Crippen molar-refractivity contribution in [1.29, 1.82) is 0 Å². The van der Waals surface area contributed by atoms with E-state index >= 15 is 0 Å². The summed E-state index contributed by atoms with van der Waals surface area (Å²) in [6, 6.07) is 28.2. The third-order valence-corrected chi connectivity index (χ3v) is 9.43. The van der Waals surface area contributed by atoms with Gasteiger partial charge in [-0.15, -0.1) is 10.2 Å². The van der Waals surface area contributed by atoms with Gasteiger partial charge in [0.15, 0.2) is 10.1 Å². The van der Waals surface area contributed by atoms with Crippen molar-refractivity contribution < 1.29 is 14.7 Å². The summed E-state index contributed by atoms with van der Waals surface area (Å²) in [5, 5.41) is 23.0. The van der Waals surface area contributed by atoms with Gasteiger partial charge in [-0.05, 0) is 41.0 Å². The number of thioether (sulfide) groups is 1. The number of aromatic nitrogens is 4. The van der Waals surface area contributed by atoms with Crippen molar-refractivity contribution >= 4 is 62.1 Å². The number of Topliss-reactive ketones (excluding diaryl/α,β-unsaturated/α-hetero) is 1. The van der Waals surface area contributed by atoms with Crippen LogP contribution in [0.5, 0.6) is 0 Å². The molecule has 7 rings (SSSR count). The molecular formula is C32H23N5O3S2. The van der Waals surface area contributed by atoms with Crippen LogP contribution in [0.25, 0.3) is 22.2 Å². The second kappa shape index (κ2) is 10.6. The third kappa shape index (κ3) is 4.36. The van der Waals surface area contributed by atoms with Crippen LogP contribution in [0.4, 0.5) is 5.13 Å². The lowest BCUT2D eigenvalue weighted by Gasteiger charge is -2.22. The van der Waals surface area contributed by atoms with E-state index in [1.54, 1.807) is 17.5 Å². The van der Waals surface area contributed by atoms with Crippen LogP contribution in [0.2, 0.25) is 0 Å². The van der Waals surface area contributed by atoms with E-state index in [1.165, 1.54) is 44.3 Å². The Labute approximate surface area is 249 Å². The van der Waals surface area contributed by atoms with E-state index < -0.39 is 17.7 Å². The molecule has 206 valence electrons. The summed E-state index contributed by atoms with van der Waals surface area (Å²) in [6.45, 7) is 1.76. The largest absolute Gasteiger partial charge is 0.505 e. The van der Waals surface area contributed by atoms with Crippen molar-refractivity contribution in [1.82, 2.24) is 19.6 Å². The van der Waals surface area contributed by atoms with Crippen LogP contribution >= 0.6 is 23.1 Å². The molecule has 1 saturated heterocycles. The number of imidazole rings is 1. The first-order chi connectivity index (χ1) is 20.5. The first-order valence-electron chi connectivity index (χ1n) is 13.2. The van der Waals surface area contributed by atoms with Gasteiger partial charge >= 0.3 is 5.91 Å². The highest BCUT2D eigenvalue weighted by Crippen LogP contribution is 2.44. The molecule has 1 fully saturated rings. The van der Waals surface area contributed by atoms with Gasteiger partial charge in [0.05, 0.1) is 17.3 Å². The first kappa shape index (κ1) is 26.1. The lowest BCUT2D eigenvalue weighted by molar-refractivity contribution is -0.132. The molecule has 1 aliphatic heterocycles. The molecule has 1 unspecified atom stereocenters. The summed E-state index contributed by atoms with van der Waals surface area (Å²) < 4.78 is 2.39. The Hall–Kier alpha value is -4.80. The zero-order valence-electron chi connectivity index (χ0n) is 22.3. The predicted octanol–water partition coefficient (Wildman–Crippen LogP) is 6.57. The second-order valence-electron chi connectivity index (χ2n) is 9.83. The van der Waals surface area contributed by atoms with Crippen molar-refractivity contribution in [3.8, 4) is 0 Å². The molecule has 10 heteroatoms. The zero-order chi connectivity index (χ0) is 28.8. The number of aliphatic hydroxyl groups is 1. The second-order valence-corrected chi connectivity index (χ2v) is 12.0. The number of carbonyl (C=O) groups excluding carboxylic acids is 2. The van der Waals surface area contributed by atoms with E-state index in [2.05, 4.69) is 39.4 Å². The summed E-state index contributed by atoms with van der Waals surface area (Å²) in [6.07, 6.45) is 1.77. The van der Waals surface area contributed by atoms with Crippen molar-refractivity contribution in [2.45, 2.75) is 23.1 Å². The Morgan fingerprint density at radius 3 is 2.55 bits per heavy atom. The number of pyridine rings is 1. The molecule has 4 heterocycles. The zero-order valence-corrected chi connectivity index (χ0v) is 24.0. The number of rotatable bonds is 6. The van der Waals surface area contributed by atoms with Crippen LogP contribution in [0, 0.1) is 6.92 Å². The van der Waals surface area contributed by atoms with E-state index in [0.717, 1.165) is 0 Å². The topological polar surface area (TPSA) is 101 Å². The number of benzene rings is 3. The SMILES string of the molecule is Cc1nc2ccccn2c1/C(O)=C1\C(=O)C(=O)N(c2nnc(SCc3cccc4ccccc34)s2)C1c1ccccc1. The van der Waals surface area contributed by atoms with Crippen LogP contribution in [-0.2, 0) is 15.3 Å².